The van der Waals surface area contributed by atoms with Crippen molar-refractivity contribution in [1.29, 1.82) is 5.26 Å². The summed E-state index contributed by atoms with van der Waals surface area (Å²) in [6.45, 7) is 1.68. The van der Waals surface area contributed by atoms with E-state index in [-0.39, 0.29) is 17.0 Å². The third kappa shape index (κ3) is 5.42. The van der Waals surface area contributed by atoms with Crippen LogP contribution in [-0.2, 0) is 14.3 Å². The Kier molecular flexibility index (Phi) is 7.53. The first-order chi connectivity index (χ1) is 15.9. The predicted molar refractivity (Wildman–Crippen MR) is 124 cm³/mol. The van der Waals surface area contributed by atoms with Crippen molar-refractivity contribution in [2.75, 3.05) is 19.5 Å². The highest BCUT2D eigenvalue weighted by atomic mass is 32.2. The number of aromatic nitrogens is 1. The summed E-state index contributed by atoms with van der Waals surface area (Å²) in [5.41, 5.74) is 2.19. The molecular weight excluding hydrogens is 442 g/mol. The zero-order chi connectivity index (χ0) is 24.0. The van der Waals surface area contributed by atoms with Gasteiger partial charge in [0.05, 0.1) is 30.6 Å². The van der Waals surface area contributed by atoms with Gasteiger partial charge in [0.15, 0.2) is 0 Å². The van der Waals surface area contributed by atoms with E-state index in [0.717, 1.165) is 17.3 Å². The van der Waals surface area contributed by atoms with Gasteiger partial charge < -0.3 is 19.8 Å². The first-order valence-corrected chi connectivity index (χ1v) is 10.7. The lowest BCUT2D eigenvalue weighted by atomic mass is 10.1. The Morgan fingerprint density at radius 3 is 2.18 bits per heavy atom. The van der Waals surface area contributed by atoms with Gasteiger partial charge in [-0.3, -0.25) is 4.79 Å². The van der Waals surface area contributed by atoms with Gasteiger partial charge in [0.1, 0.15) is 17.5 Å². The summed E-state index contributed by atoms with van der Waals surface area (Å²) in [5, 5.41) is 11.8. The molecule has 0 aliphatic heterocycles. The molecule has 1 amide bonds. The van der Waals surface area contributed by atoms with Crippen LogP contribution >= 0.6 is 11.8 Å². The molecule has 0 spiro atoms. The summed E-state index contributed by atoms with van der Waals surface area (Å²) in [7, 11) is 2.48. The van der Waals surface area contributed by atoms with Crippen LogP contribution in [0.25, 0.3) is 11.1 Å². The molecule has 0 bridgehead atoms. The highest BCUT2D eigenvalue weighted by molar-refractivity contribution is 8.00. The summed E-state index contributed by atoms with van der Waals surface area (Å²) in [6.07, 6.45) is 1.67. The Labute approximate surface area is 194 Å². The third-order valence-electron chi connectivity index (χ3n) is 4.76. The Morgan fingerprint density at radius 1 is 1.03 bits per heavy atom. The van der Waals surface area contributed by atoms with Crippen molar-refractivity contribution in [3.63, 3.8) is 0 Å². The maximum Gasteiger partial charge on any atom is 0.337 e. The van der Waals surface area contributed by atoms with Crippen LogP contribution in [-0.4, -0.2) is 42.3 Å². The molecule has 3 aromatic rings. The number of nitrogens with one attached hydrogen (secondary N) is 2. The normalized spacial score (nSPS) is 11.2. The average molecular weight is 464 g/mol. The second kappa shape index (κ2) is 10.5. The summed E-state index contributed by atoms with van der Waals surface area (Å²) < 4.78 is 9.48. The van der Waals surface area contributed by atoms with E-state index >= 15 is 0 Å². The van der Waals surface area contributed by atoms with Gasteiger partial charge in [0.25, 0.3) is 0 Å². The molecule has 0 saturated heterocycles. The molecule has 2 aromatic carbocycles. The molecule has 8 nitrogen and oxygen atoms in total. The van der Waals surface area contributed by atoms with Crippen LogP contribution in [0.3, 0.4) is 0 Å². The topological polar surface area (TPSA) is 121 Å². The van der Waals surface area contributed by atoms with Crippen LogP contribution in [0.2, 0.25) is 0 Å². The molecule has 1 aromatic heterocycles. The van der Waals surface area contributed by atoms with Crippen LogP contribution < -0.4 is 5.32 Å². The summed E-state index contributed by atoms with van der Waals surface area (Å²) in [4.78, 5) is 40.3. The van der Waals surface area contributed by atoms with Crippen LogP contribution in [0.1, 0.15) is 33.2 Å². The van der Waals surface area contributed by atoms with E-state index in [1.165, 1.54) is 32.4 Å². The monoisotopic (exact) mass is 463 g/mol. The molecular formula is C24H21N3O5S. The zero-order valence-corrected chi connectivity index (χ0v) is 19.0. The van der Waals surface area contributed by atoms with Crippen molar-refractivity contribution in [2.24, 2.45) is 0 Å². The number of hydrogen-bond donors (Lipinski definition) is 2. The fourth-order valence-corrected chi connectivity index (χ4v) is 4.07. The molecule has 168 valence electrons. The number of benzene rings is 2. The number of thioether (sulfide) groups is 1. The van der Waals surface area contributed by atoms with Crippen LogP contribution in [0.15, 0.2) is 59.6 Å². The lowest BCUT2D eigenvalue weighted by Crippen LogP contribution is -2.23. The van der Waals surface area contributed by atoms with Gasteiger partial charge in [-0.25, -0.2) is 9.59 Å². The highest BCUT2D eigenvalue weighted by Crippen LogP contribution is 2.30. The number of esters is 2. The number of carbonyl (C=O) groups is 3. The van der Waals surface area contributed by atoms with Gasteiger partial charge in [-0.1, -0.05) is 30.3 Å². The molecule has 0 radical (unpaired) electrons. The maximum absolute atomic E-state index is 12.8. The average Bonchev–Trinajstić information content (AvgIpc) is 3.25. The maximum atomic E-state index is 12.8. The van der Waals surface area contributed by atoms with Crippen molar-refractivity contribution in [3.05, 3.63) is 71.4 Å². The molecule has 33 heavy (non-hydrogen) atoms. The third-order valence-corrected chi connectivity index (χ3v) is 5.83. The second-order valence-electron chi connectivity index (χ2n) is 6.91. The molecule has 3 rings (SSSR count). The number of amides is 1. The van der Waals surface area contributed by atoms with Crippen molar-refractivity contribution >= 4 is 35.4 Å². The Bertz CT molecular complexity index is 1200. The lowest BCUT2D eigenvalue weighted by Gasteiger charge is -2.13. The van der Waals surface area contributed by atoms with Crippen LogP contribution in [0.5, 0.6) is 0 Å². The fourth-order valence-electron chi connectivity index (χ4n) is 3.10. The molecule has 1 heterocycles. The fraction of sp³-hybridized carbons (Fsp3) is 0.167. The molecule has 0 aliphatic carbocycles. The van der Waals surface area contributed by atoms with E-state index in [1.807, 2.05) is 30.3 Å². The van der Waals surface area contributed by atoms with E-state index in [0.29, 0.717) is 21.8 Å². The number of nitrogens with zero attached hydrogens (tertiary/aromatic N) is 1. The molecule has 1 atom stereocenters. The number of methoxy groups -OCH3 is 2. The lowest BCUT2D eigenvalue weighted by molar-refractivity contribution is -0.115. The van der Waals surface area contributed by atoms with Crippen molar-refractivity contribution in [3.8, 4) is 17.2 Å². The number of hydrogen-bond acceptors (Lipinski definition) is 7. The highest BCUT2D eigenvalue weighted by Gasteiger charge is 2.21. The number of anilines is 1. The minimum absolute atomic E-state index is 0.166. The van der Waals surface area contributed by atoms with Crippen molar-refractivity contribution in [2.45, 2.75) is 17.1 Å². The molecule has 0 fully saturated rings. The smallest absolute Gasteiger partial charge is 0.337 e. The minimum Gasteiger partial charge on any atom is -0.465 e. The van der Waals surface area contributed by atoms with Gasteiger partial charge in [0.2, 0.25) is 5.91 Å². The molecule has 0 saturated carbocycles. The van der Waals surface area contributed by atoms with E-state index < -0.39 is 17.2 Å². The Hall–Kier alpha value is -4.03. The first kappa shape index (κ1) is 23.6. The number of aromatic amines is 1. The molecule has 1 unspecified atom stereocenters. The number of nitriles is 1. The number of carbonyl (C=O) groups excluding carboxylic acids is 3. The standard InChI is InChI=1S/C24H21N3O5S/c1-14(33-18-10-16(23(29)31-2)9-17(11-18)24(30)32-3)22(28)27-21-19(12-25)20(13-26-21)15-7-5-4-6-8-15/h4-11,13-14,26H,1-3H3,(H,27,28). The zero-order valence-electron chi connectivity index (χ0n) is 18.2. The summed E-state index contributed by atoms with van der Waals surface area (Å²) >= 11 is 1.15. The summed E-state index contributed by atoms with van der Waals surface area (Å²) in [6, 6.07) is 15.9. The number of ether oxygens (including phenoxy) is 2. The van der Waals surface area contributed by atoms with Crippen LogP contribution in [0, 0.1) is 11.3 Å². The van der Waals surface area contributed by atoms with E-state index in [4.69, 9.17) is 9.47 Å². The van der Waals surface area contributed by atoms with Gasteiger partial charge in [-0.05, 0) is 30.7 Å². The predicted octanol–water partition coefficient (Wildman–Crippen LogP) is 4.25. The van der Waals surface area contributed by atoms with E-state index in [9.17, 15) is 19.6 Å². The molecule has 0 aliphatic rings. The van der Waals surface area contributed by atoms with Gasteiger partial charge in [-0.2, -0.15) is 5.26 Å². The van der Waals surface area contributed by atoms with E-state index in [1.54, 1.807) is 13.1 Å². The number of rotatable bonds is 7. The Balaban J connectivity index is 1.80. The van der Waals surface area contributed by atoms with Gasteiger partial charge >= 0.3 is 11.9 Å². The second-order valence-corrected chi connectivity index (χ2v) is 8.32. The van der Waals surface area contributed by atoms with Gasteiger partial charge in [-0.15, -0.1) is 11.8 Å². The largest absolute Gasteiger partial charge is 0.465 e. The van der Waals surface area contributed by atoms with E-state index in [2.05, 4.69) is 16.4 Å². The SMILES string of the molecule is COC(=O)c1cc(SC(C)C(=O)Nc2[nH]cc(-c3ccccc3)c2C#N)cc(C(=O)OC)c1. The first-order valence-electron chi connectivity index (χ1n) is 9.84. The van der Waals surface area contributed by atoms with Crippen molar-refractivity contribution in [1.82, 2.24) is 4.98 Å². The number of H-pyrrole nitrogens is 1. The summed E-state index contributed by atoms with van der Waals surface area (Å²) in [5.74, 6) is -1.29. The van der Waals surface area contributed by atoms with Gasteiger partial charge in [0, 0.05) is 16.7 Å². The molecule has 9 heteroatoms. The Morgan fingerprint density at radius 2 is 1.64 bits per heavy atom. The van der Waals surface area contributed by atoms with Crippen LogP contribution in [0.4, 0.5) is 5.82 Å². The minimum atomic E-state index is -0.613. The quantitative estimate of drug-likeness (QED) is 0.397. The molecule has 2 N–H and O–H groups in total. The van der Waals surface area contributed by atoms with Crippen molar-refractivity contribution < 1.29 is 23.9 Å².